The summed E-state index contributed by atoms with van der Waals surface area (Å²) in [5, 5.41) is 0. The first-order chi connectivity index (χ1) is 13.2. The SMILES string of the molecule is CCCCCCCCCCC1(CCCCCCCCCC)CCCC(=O)O1. The second-order valence-electron chi connectivity index (χ2n) is 8.96. The van der Waals surface area contributed by atoms with Gasteiger partial charge in [-0.1, -0.05) is 104 Å². The molecule has 1 fully saturated rings. The summed E-state index contributed by atoms with van der Waals surface area (Å²) >= 11 is 0. The van der Waals surface area contributed by atoms with Gasteiger partial charge in [0.25, 0.3) is 0 Å². The van der Waals surface area contributed by atoms with Gasteiger partial charge in [-0.25, -0.2) is 0 Å². The molecule has 0 atom stereocenters. The molecule has 0 amide bonds. The highest BCUT2D eigenvalue weighted by atomic mass is 16.6. The van der Waals surface area contributed by atoms with E-state index in [1.807, 2.05) is 0 Å². The van der Waals surface area contributed by atoms with E-state index in [-0.39, 0.29) is 11.6 Å². The lowest BCUT2D eigenvalue weighted by Gasteiger charge is -2.37. The minimum absolute atomic E-state index is 0.0559. The summed E-state index contributed by atoms with van der Waals surface area (Å²) in [5.74, 6) is 0.0559. The van der Waals surface area contributed by atoms with Crippen LogP contribution >= 0.6 is 0 Å². The van der Waals surface area contributed by atoms with Gasteiger partial charge in [0.15, 0.2) is 0 Å². The predicted octanol–water partition coefficient (Wildman–Crippen LogP) is 8.51. The molecule has 160 valence electrons. The van der Waals surface area contributed by atoms with Crippen LogP contribution in [0, 0.1) is 0 Å². The van der Waals surface area contributed by atoms with Crippen molar-refractivity contribution in [2.24, 2.45) is 0 Å². The Hall–Kier alpha value is -0.530. The van der Waals surface area contributed by atoms with Gasteiger partial charge in [0.05, 0.1) is 0 Å². The fourth-order valence-corrected chi connectivity index (χ4v) is 4.54. The Morgan fingerprint density at radius 1 is 0.667 bits per heavy atom. The van der Waals surface area contributed by atoms with Crippen LogP contribution in [0.4, 0.5) is 0 Å². The summed E-state index contributed by atoms with van der Waals surface area (Å²) < 4.78 is 5.95. The quantitative estimate of drug-likeness (QED) is 0.176. The van der Waals surface area contributed by atoms with Crippen molar-refractivity contribution in [2.75, 3.05) is 0 Å². The van der Waals surface area contributed by atoms with Gasteiger partial charge >= 0.3 is 5.97 Å². The molecule has 1 rings (SSSR count). The van der Waals surface area contributed by atoms with Crippen LogP contribution in [0.15, 0.2) is 0 Å². The topological polar surface area (TPSA) is 26.3 Å². The summed E-state index contributed by atoms with van der Waals surface area (Å²) in [6.45, 7) is 4.55. The number of hydrogen-bond acceptors (Lipinski definition) is 2. The van der Waals surface area contributed by atoms with Gasteiger partial charge in [0.2, 0.25) is 0 Å². The standard InChI is InChI=1S/C25H48O2/c1-3-5-7-9-11-13-15-17-21-25(23-19-20-24(26)27-25)22-18-16-14-12-10-8-6-4-2/h3-23H2,1-2H3. The van der Waals surface area contributed by atoms with Gasteiger partial charge in [-0.3, -0.25) is 4.79 Å². The highest BCUT2D eigenvalue weighted by molar-refractivity contribution is 5.70. The van der Waals surface area contributed by atoms with E-state index in [4.69, 9.17) is 4.74 Å². The monoisotopic (exact) mass is 380 g/mol. The lowest BCUT2D eigenvalue weighted by atomic mass is 9.83. The van der Waals surface area contributed by atoms with Crippen LogP contribution in [0.2, 0.25) is 0 Å². The van der Waals surface area contributed by atoms with E-state index in [9.17, 15) is 4.79 Å². The van der Waals surface area contributed by atoms with Gasteiger partial charge in [-0.05, 0) is 38.5 Å². The smallest absolute Gasteiger partial charge is 0.306 e. The number of ether oxygens (including phenoxy) is 1. The second-order valence-corrected chi connectivity index (χ2v) is 8.96. The minimum atomic E-state index is -0.111. The molecule has 0 unspecified atom stereocenters. The van der Waals surface area contributed by atoms with Crippen molar-refractivity contribution in [2.45, 2.75) is 154 Å². The molecule has 0 bridgehead atoms. The molecule has 1 saturated heterocycles. The van der Waals surface area contributed by atoms with E-state index in [2.05, 4.69) is 13.8 Å². The summed E-state index contributed by atoms with van der Waals surface area (Å²) in [6.07, 6.45) is 26.5. The molecule has 2 heteroatoms. The van der Waals surface area contributed by atoms with Crippen molar-refractivity contribution in [3.05, 3.63) is 0 Å². The Labute approximate surface area is 170 Å². The highest BCUT2D eigenvalue weighted by Crippen LogP contribution is 2.36. The Morgan fingerprint density at radius 3 is 1.48 bits per heavy atom. The average molecular weight is 381 g/mol. The molecule has 0 aliphatic carbocycles. The number of carbonyl (C=O) groups excluding carboxylic acids is 1. The predicted molar refractivity (Wildman–Crippen MR) is 117 cm³/mol. The van der Waals surface area contributed by atoms with E-state index >= 15 is 0 Å². The van der Waals surface area contributed by atoms with Crippen LogP contribution in [0.1, 0.15) is 149 Å². The Kier molecular flexibility index (Phi) is 14.9. The molecule has 1 aliphatic rings. The lowest BCUT2D eigenvalue weighted by Crippen LogP contribution is -2.38. The number of cyclic esters (lactones) is 1. The molecule has 0 aromatic rings. The molecule has 0 radical (unpaired) electrons. The molecule has 0 N–H and O–H groups in total. The van der Waals surface area contributed by atoms with Crippen LogP contribution in [0.25, 0.3) is 0 Å². The molecular formula is C25H48O2. The molecule has 27 heavy (non-hydrogen) atoms. The Morgan fingerprint density at radius 2 is 1.07 bits per heavy atom. The maximum absolute atomic E-state index is 11.9. The molecule has 0 saturated carbocycles. The van der Waals surface area contributed by atoms with Crippen molar-refractivity contribution in [3.63, 3.8) is 0 Å². The van der Waals surface area contributed by atoms with Gasteiger partial charge in [0.1, 0.15) is 5.60 Å². The average Bonchev–Trinajstić information content (AvgIpc) is 2.66. The third-order valence-electron chi connectivity index (χ3n) is 6.32. The van der Waals surface area contributed by atoms with Crippen molar-refractivity contribution in [1.82, 2.24) is 0 Å². The van der Waals surface area contributed by atoms with Crippen LogP contribution < -0.4 is 0 Å². The first-order valence-corrected chi connectivity index (χ1v) is 12.4. The Balaban J connectivity index is 2.18. The van der Waals surface area contributed by atoms with Gasteiger partial charge < -0.3 is 4.74 Å². The molecule has 0 aromatic heterocycles. The number of carbonyl (C=O) groups is 1. The number of esters is 1. The molecule has 0 spiro atoms. The summed E-state index contributed by atoms with van der Waals surface area (Å²) in [6, 6.07) is 0. The van der Waals surface area contributed by atoms with Gasteiger partial charge in [-0.15, -0.1) is 0 Å². The summed E-state index contributed by atoms with van der Waals surface area (Å²) in [7, 11) is 0. The fourth-order valence-electron chi connectivity index (χ4n) is 4.54. The maximum Gasteiger partial charge on any atom is 0.306 e. The van der Waals surface area contributed by atoms with E-state index in [0.717, 1.165) is 25.7 Å². The zero-order chi connectivity index (χ0) is 19.6. The van der Waals surface area contributed by atoms with E-state index in [1.165, 1.54) is 103 Å². The van der Waals surface area contributed by atoms with E-state index in [1.54, 1.807) is 0 Å². The molecule has 0 aromatic carbocycles. The number of unbranched alkanes of at least 4 members (excludes halogenated alkanes) is 14. The summed E-state index contributed by atoms with van der Waals surface area (Å²) in [5.41, 5.74) is -0.111. The molecule has 1 aliphatic heterocycles. The molecule has 1 heterocycles. The second kappa shape index (κ2) is 16.4. The molecular weight excluding hydrogens is 332 g/mol. The van der Waals surface area contributed by atoms with E-state index < -0.39 is 0 Å². The van der Waals surface area contributed by atoms with Crippen molar-refractivity contribution < 1.29 is 9.53 Å². The van der Waals surface area contributed by atoms with Gasteiger partial charge in [-0.2, -0.15) is 0 Å². The maximum atomic E-state index is 11.9. The first kappa shape index (κ1) is 24.5. The zero-order valence-electron chi connectivity index (χ0n) is 18.7. The van der Waals surface area contributed by atoms with Crippen molar-refractivity contribution in [1.29, 1.82) is 0 Å². The molecule has 2 nitrogen and oxygen atoms in total. The van der Waals surface area contributed by atoms with Crippen LogP contribution in [0.5, 0.6) is 0 Å². The van der Waals surface area contributed by atoms with Crippen LogP contribution in [-0.4, -0.2) is 11.6 Å². The Bertz CT molecular complexity index is 330. The third kappa shape index (κ3) is 12.5. The lowest BCUT2D eigenvalue weighted by molar-refractivity contribution is -0.169. The third-order valence-corrected chi connectivity index (χ3v) is 6.32. The largest absolute Gasteiger partial charge is 0.459 e. The van der Waals surface area contributed by atoms with Crippen LogP contribution in [0.3, 0.4) is 0 Å². The number of rotatable bonds is 18. The summed E-state index contributed by atoms with van der Waals surface area (Å²) in [4.78, 5) is 11.9. The highest BCUT2D eigenvalue weighted by Gasteiger charge is 2.36. The van der Waals surface area contributed by atoms with Crippen molar-refractivity contribution in [3.8, 4) is 0 Å². The number of hydrogen-bond donors (Lipinski definition) is 0. The minimum Gasteiger partial charge on any atom is -0.459 e. The zero-order valence-corrected chi connectivity index (χ0v) is 18.7. The normalized spacial score (nSPS) is 16.4. The van der Waals surface area contributed by atoms with Crippen molar-refractivity contribution >= 4 is 5.97 Å². The van der Waals surface area contributed by atoms with Crippen LogP contribution in [-0.2, 0) is 9.53 Å². The fraction of sp³-hybridized carbons (Fsp3) is 0.960. The van der Waals surface area contributed by atoms with E-state index in [0.29, 0.717) is 6.42 Å². The first-order valence-electron chi connectivity index (χ1n) is 12.4. The van der Waals surface area contributed by atoms with Gasteiger partial charge in [0, 0.05) is 6.42 Å².